The van der Waals surface area contributed by atoms with Gasteiger partial charge in [-0.2, -0.15) is 0 Å². The minimum absolute atomic E-state index is 0.00557. The number of thiazole rings is 1. The topological polar surface area (TPSA) is 77.3 Å². The first kappa shape index (κ1) is 15.7. The fourth-order valence-electron chi connectivity index (χ4n) is 1.58. The Labute approximate surface area is 134 Å². The molecular weight excluding hydrogens is 358 g/mol. The number of benzene rings is 1. The van der Waals surface area contributed by atoms with Crippen LogP contribution in [0.15, 0.2) is 28.9 Å². The molecule has 6 nitrogen and oxygen atoms in total. The van der Waals surface area contributed by atoms with Crippen LogP contribution >= 0.6 is 27.3 Å². The van der Waals surface area contributed by atoms with Gasteiger partial charge in [0, 0.05) is 23.3 Å². The summed E-state index contributed by atoms with van der Waals surface area (Å²) in [7, 11) is 0. The van der Waals surface area contributed by atoms with Gasteiger partial charge in [-0.05, 0) is 12.5 Å². The lowest BCUT2D eigenvalue weighted by Gasteiger charge is -2.05. The Kier molecular flexibility index (Phi) is 5.51. The quantitative estimate of drug-likeness (QED) is 0.582. The van der Waals surface area contributed by atoms with Gasteiger partial charge >= 0.3 is 0 Å². The van der Waals surface area contributed by atoms with Crippen LogP contribution in [0.4, 0.5) is 10.8 Å². The van der Waals surface area contributed by atoms with Crippen molar-refractivity contribution in [2.24, 2.45) is 0 Å². The van der Waals surface area contributed by atoms with Crippen molar-refractivity contribution in [3.05, 3.63) is 43.9 Å². The van der Waals surface area contributed by atoms with Crippen molar-refractivity contribution < 1.29 is 9.66 Å². The highest BCUT2D eigenvalue weighted by atomic mass is 79.9. The maximum atomic E-state index is 10.8. The van der Waals surface area contributed by atoms with E-state index in [9.17, 15) is 10.1 Å². The highest BCUT2D eigenvalue weighted by molar-refractivity contribution is 9.10. The Morgan fingerprint density at radius 1 is 1.48 bits per heavy atom. The van der Waals surface area contributed by atoms with Crippen molar-refractivity contribution in [3.8, 4) is 5.75 Å². The summed E-state index contributed by atoms with van der Waals surface area (Å²) >= 11 is 4.75. The molecule has 0 saturated heterocycles. The fraction of sp³-hybridized carbons (Fsp3) is 0.308. The zero-order chi connectivity index (χ0) is 15.2. The number of halogens is 1. The van der Waals surface area contributed by atoms with Gasteiger partial charge in [0.05, 0.1) is 15.9 Å². The Hall–Kier alpha value is -1.67. The molecule has 2 rings (SSSR count). The molecule has 1 aromatic carbocycles. The molecule has 0 spiro atoms. The van der Waals surface area contributed by atoms with Crippen molar-refractivity contribution in [1.82, 2.24) is 4.98 Å². The van der Waals surface area contributed by atoms with E-state index in [-0.39, 0.29) is 5.69 Å². The third-order valence-corrected chi connectivity index (χ3v) is 3.91. The largest absolute Gasteiger partial charge is 0.488 e. The number of anilines is 1. The Morgan fingerprint density at radius 3 is 3.00 bits per heavy atom. The summed E-state index contributed by atoms with van der Waals surface area (Å²) in [5.41, 5.74) is -0.00557. The summed E-state index contributed by atoms with van der Waals surface area (Å²) in [6.45, 7) is 3.30. The molecule has 2 aromatic rings. The minimum Gasteiger partial charge on any atom is -0.488 e. The normalized spacial score (nSPS) is 10.4. The van der Waals surface area contributed by atoms with E-state index in [0.717, 1.165) is 23.0 Å². The van der Waals surface area contributed by atoms with Gasteiger partial charge in [-0.15, -0.1) is 0 Å². The molecule has 8 heteroatoms. The van der Waals surface area contributed by atoms with Gasteiger partial charge in [-0.3, -0.25) is 10.1 Å². The molecule has 0 fully saturated rings. The van der Waals surface area contributed by atoms with Gasteiger partial charge < -0.3 is 10.1 Å². The second-order valence-electron chi connectivity index (χ2n) is 4.25. The predicted octanol–water partition coefficient (Wildman–Crippen LogP) is 4.21. The monoisotopic (exact) mass is 371 g/mol. The molecule has 0 aliphatic carbocycles. The van der Waals surface area contributed by atoms with E-state index in [4.69, 9.17) is 4.74 Å². The van der Waals surface area contributed by atoms with Crippen LogP contribution in [-0.2, 0) is 6.61 Å². The van der Waals surface area contributed by atoms with Crippen LogP contribution in [0.3, 0.4) is 0 Å². The van der Waals surface area contributed by atoms with Crippen molar-refractivity contribution in [1.29, 1.82) is 0 Å². The van der Waals surface area contributed by atoms with Crippen molar-refractivity contribution in [3.63, 3.8) is 0 Å². The summed E-state index contributed by atoms with van der Waals surface area (Å²) in [6, 6.07) is 4.54. The zero-order valence-electron chi connectivity index (χ0n) is 11.3. The SMILES string of the molecule is CCCNc1ncc(COc2cc(Br)cc([N+](=O)[O-])c2)s1. The summed E-state index contributed by atoms with van der Waals surface area (Å²) in [4.78, 5) is 15.5. The molecule has 0 radical (unpaired) electrons. The Balaban J connectivity index is 1.99. The number of hydrogen-bond acceptors (Lipinski definition) is 6. The number of rotatable bonds is 7. The van der Waals surface area contributed by atoms with Gasteiger partial charge in [0.1, 0.15) is 12.4 Å². The first-order chi connectivity index (χ1) is 10.1. The number of nitrogens with zero attached hydrogens (tertiary/aromatic N) is 2. The van der Waals surface area contributed by atoms with E-state index in [0.29, 0.717) is 16.8 Å². The number of hydrogen-bond donors (Lipinski definition) is 1. The summed E-state index contributed by atoms with van der Waals surface area (Å²) in [5, 5.41) is 14.9. The molecule has 0 saturated carbocycles. The fourth-order valence-corrected chi connectivity index (χ4v) is 2.79. The molecule has 0 atom stereocenters. The molecular formula is C13H14BrN3O3S. The summed E-state index contributed by atoms with van der Waals surface area (Å²) in [6.07, 6.45) is 2.78. The molecule has 0 unspecified atom stereocenters. The van der Waals surface area contributed by atoms with Crippen molar-refractivity contribution in [2.45, 2.75) is 20.0 Å². The van der Waals surface area contributed by atoms with Crippen LogP contribution in [-0.4, -0.2) is 16.5 Å². The number of aromatic nitrogens is 1. The Morgan fingerprint density at radius 2 is 2.29 bits per heavy atom. The van der Waals surface area contributed by atoms with Crippen LogP contribution in [0.25, 0.3) is 0 Å². The highest BCUT2D eigenvalue weighted by Crippen LogP contribution is 2.27. The van der Waals surface area contributed by atoms with E-state index < -0.39 is 4.92 Å². The average molecular weight is 372 g/mol. The maximum absolute atomic E-state index is 10.8. The molecule has 0 bridgehead atoms. The van der Waals surface area contributed by atoms with Crippen LogP contribution in [0, 0.1) is 10.1 Å². The third-order valence-electron chi connectivity index (χ3n) is 2.53. The van der Waals surface area contributed by atoms with Crippen molar-refractivity contribution in [2.75, 3.05) is 11.9 Å². The number of non-ortho nitro benzene ring substituents is 1. The number of nitro benzene ring substituents is 1. The highest BCUT2D eigenvalue weighted by Gasteiger charge is 2.10. The minimum atomic E-state index is -0.447. The van der Waals surface area contributed by atoms with Gasteiger partial charge in [-0.1, -0.05) is 34.2 Å². The van der Waals surface area contributed by atoms with Crippen LogP contribution in [0.5, 0.6) is 5.75 Å². The third kappa shape index (κ3) is 4.68. The van der Waals surface area contributed by atoms with E-state index in [1.807, 2.05) is 0 Å². The maximum Gasteiger partial charge on any atom is 0.274 e. The van der Waals surface area contributed by atoms with Gasteiger partial charge in [0.15, 0.2) is 5.13 Å². The van der Waals surface area contributed by atoms with Crippen molar-refractivity contribution >= 4 is 38.1 Å². The lowest BCUT2D eigenvalue weighted by Crippen LogP contribution is -1.98. The molecule has 0 aliphatic rings. The molecule has 21 heavy (non-hydrogen) atoms. The van der Waals surface area contributed by atoms with E-state index in [1.54, 1.807) is 12.3 Å². The zero-order valence-corrected chi connectivity index (χ0v) is 13.7. The predicted molar refractivity (Wildman–Crippen MR) is 86.0 cm³/mol. The standard InChI is InChI=1S/C13H14BrN3O3S/c1-2-3-15-13-16-7-12(21-13)8-20-11-5-9(14)4-10(6-11)17(18)19/h4-7H,2-3,8H2,1H3,(H,15,16). The van der Waals surface area contributed by atoms with E-state index in [1.165, 1.54) is 23.5 Å². The van der Waals surface area contributed by atoms with Crippen LogP contribution < -0.4 is 10.1 Å². The second kappa shape index (κ2) is 7.37. The van der Waals surface area contributed by atoms with E-state index >= 15 is 0 Å². The lowest BCUT2D eigenvalue weighted by molar-refractivity contribution is -0.385. The first-order valence-corrected chi connectivity index (χ1v) is 7.96. The van der Waals surface area contributed by atoms with Crippen LogP contribution in [0.2, 0.25) is 0 Å². The van der Waals surface area contributed by atoms with Gasteiger partial charge in [-0.25, -0.2) is 4.98 Å². The summed E-state index contributed by atoms with van der Waals surface area (Å²) in [5.74, 6) is 0.451. The smallest absolute Gasteiger partial charge is 0.274 e. The number of nitrogens with one attached hydrogen (secondary N) is 1. The lowest BCUT2D eigenvalue weighted by atomic mass is 10.3. The van der Waals surface area contributed by atoms with E-state index in [2.05, 4.69) is 33.2 Å². The molecule has 0 aliphatic heterocycles. The molecule has 1 N–H and O–H groups in total. The second-order valence-corrected chi connectivity index (χ2v) is 6.28. The molecule has 1 aromatic heterocycles. The number of nitro groups is 1. The molecule has 112 valence electrons. The molecule has 0 amide bonds. The average Bonchev–Trinajstić information content (AvgIpc) is 2.90. The van der Waals surface area contributed by atoms with Gasteiger partial charge in [0.25, 0.3) is 5.69 Å². The van der Waals surface area contributed by atoms with Crippen LogP contribution in [0.1, 0.15) is 18.2 Å². The Bertz CT molecular complexity index is 633. The van der Waals surface area contributed by atoms with Gasteiger partial charge in [0.2, 0.25) is 0 Å². The summed E-state index contributed by atoms with van der Waals surface area (Å²) < 4.78 is 6.20. The first-order valence-electron chi connectivity index (χ1n) is 6.35. The number of ether oxygens (including phenoxy) is 1. The molecule has 1 heterocycles.